The molecule has 1 fully saturated rings. The molecule has 0 saturated heterocycles. The van der Waals surface area contributed by atoms with Gasteiger partial charge in [0.05, 0.1) is 5.56 Å². The van der Waals surface area contributed by atoms with Crippen LogP contribution in [0.3, 0.4) is 0 Å². The van der Waals surface area contributed by atoms with Crippen LogP contribution in [0, 0.1) is 46.7 Å². The van der Waals surface area contributed by atoms with E-state index in [1.807, 2.05) is 12.1 Å². The van der Waals surface area contributed by atoms with Gasteiger partial charge in [-0.25, -0.2) is 4.39 Å². The average Bonchev–Trinajstić information content (AvgIpc) is 2.67. The van der Waals surface area contributed by atoms with Crippen molar-refractivity contribution >= 4 is 0 Å². The predicted octanol–water partition coefficient (Wildman–Crippen LogP) is 5.39. The molecule has 0 unspecified atom stereocenters. The van der Waals surface area contributed by atoms with Crippen molar-refractivity contribution in [2.45, 2.75) is 38.5 Å². The molecule has 128 valence electrons. The fraction of sp³-hybridized carbons (Fsp3) is 0.292. The van der Waals surface area contributed by atoms with Gasteiger partial charge in [-0.15, -0.1) is 0 Å². The van der Waals surface area contributed by atoms with Crippen molar-refractivity contribution in [2.24, 2.45) is 5.92 Å². The van der Waals surface area contributed by atoms with Crippen molar-refractivity contribution < 1.29 is 4.39 Å². The van der Waals surface area contributed by atoms with Gasteiger partial charge in [0.2, 0.25) is 0 Å². The summed E-state index contributed by atoms with van der Waals surface area (Å²) in [6.07, 6.45) is 5.16. The molecule has 1 nitrogen and oxygen atoms in total. The van der Waals surface area contributed by atoms with Crippen LogP contribution in [0.4, 0.5) is 4.39 Å². The second kappa shape index (κ2) is 8.38. The number of benzene rings is 2. The Balaban J connectivity index is 1.70. The van der Waals surface area contributed by atoms with Gasteiger partial charge in [-0.1, -0.05) is 43.7 Å². The van der Waals surface area contributed by atoms with Crippen LogP contribution < -0.4 is 0 Å². The summed E-state index contributed by atoms with van der Waals surface area (Å²) in [7, 11) is 0. The molecule has 2 aromatic carbocycles. The third kappa shape index (κ3) is 4.53. The molecule has 3 rings (SSSR count). The Morgan fingerprint density at radius 3 is 2.19 bits per heavy atom. The Morgan fingerprint density at radius 1 is 0.885 bits per heavy atom. The molecule has 26 heavy (non-hydrogen) atoms. The maximum atomic E-state index is 13.9. The molecule has 0 spiro atoms. The summed E-state index contributed by atoms with van der Waals surface area (Å²) in [6.45, 7) is 2.33. The fourth-order valence-electron chi connectivity index (χ4n) is 3.37. The molecule has 0 heterocycles. The first kappa shape index (κ1) is 17.8. The Morgan fingerprint density at radius 2 is 1.54 bits per heavy atom. The Bertz CT molecular complexity index is 934. The van der Waals surface area contributed by atoms with Crippen molar-refractivity contribution in [3.8, 4) is 29.8 Å². The van der Waals surface area contributed by atoms with E-state index in [1.165, 1.54) is 37.3 Å². The minimum absolute atomic E-state index is 0.211. The van der Waals surface area contributed by atoms with E-state index < -0.39 is 5.82 Å². The van der Waals surface area contributed by atoms with E-state index in [1.54, 1.807) is 18.2 Å². The molecule has 0 amide bonds. The van der Waals surface area contributed by atoms with Gasteiger partial charge in [-0.2, -0.15) is 5.26 Å². The lowest BCUT2D eigenvalue weighted by Crippen LogP contribution is -2.10. The van der Waals surface area contributed by atoms with Crippen LogP contribution in [0.15, 0.2) is 42.5 Å². The first-order valence-electron chi connectivity index (χ1n) is 8.97. The van der Waals surface area contributed by atoms with Crippen molar-refractivity contribution in [3.05, 3.63) is 70.5 Å². The molecule has 1 aliphatic rings. The quantitative estimate of drug-likeness (QED) is 0.638. The van der Waals surface area contributed by atoms with Crippen LogP contribution in [0.25, 0.3) is 0 Å². The van der Waals surface area contributed by atoms with Crippen molar-refractivity contribution in [1.82, 2.24) is 0 Å². The molecule has 0 N–H and O–H groups in total. The SMILES string of the molecule is CC1CCC(c2ccc(C#Cc3ccc(C#CC#N)c(F)c3)cc2)CC1. The smallest absolute Gasteiger partial charge is 0.152 e. The van der Waals surface area contributed by atoms with E-state index in [2.05, 4.69) is 42.7 Å². The molecule has 0 bridgehead atoms. The summed E-state index contributed by atoms with van der Waals surface area (Å²) in [5.41, 5.74) is 3.12. The van der Waals surface area contributed by atoms with Gasteiger partial charge >= 0.3 is 0 Å². The summed E-state index contributed by atoms with van der Waals surface area (Å²) in [6, 6.07) is 14.7. The second-order valence-electron chi connectivity index (χ2n) is 6.89. The number of hydrogen-bond acceptors (Lipinski definition) is 1. The molecule has 2 heteroatoms. The third-order valence-corrected chi connectivity index (χ3v) is 4.97. The van der Waals surface area contributed by atoms with Crippen LogP contribution in [0.1, 0.15) is 60.8 Å². The molecular weight excluding hydrogens is 321 g/mol. The first-order chi connectivity index (χ1) is 12.7. The Labute approximate surface area is 154 Å². The molecular formula is C24H20FN. The minimum Gasteiger partial charge on any atom is -0.206 e. The topological polar surface area (TPSA) is 23.8 Å². The van der Waals surface area contributed by atoms with Crippen LogP contribution in [-0.4, -0.2) is 0 Å². The highest BCUT2D eigenvalue weighted by Crippen LogP contribution is 2.35. The van der Waals surface area contributed by atoms with Gasteiger partial charge in [-0.3, -0.25) is 0 Å². The van der Waals surface area contributed by atoms with E-state index in [4.69, 9.17) is 5.26 Å². The lowest BCUT2D eigenvalue weighted by Gasteiger charge is -2.26. The highest BCUT2D eigenvalue weighted by molar-refractivity contribution is 5.47. The van der Waals surface area contributed by atoms with Crippen LogP contribution in [0.2, 0.25) is 0 Å². The van der Waals surface area contributed by atoms with Gasteiger partial charge in [0.15, 0.2) is 6.07 Å². The monoisotopic (exact) mass is 341 g/mol. The van der Waals surface area contributed by atoms with Crippen LogP contribution in [0.5, 0.6) is 0 Å². The Kier molecular flexibility index (Phi) is 5.73. The second-order valence-corrected chi connectivity index (χ2v) is 6.89. The molecule has 1 aliphatic carbocycles. The summed E-state index contributed by atoms with van der Waals surface area (Å²) in [4.78, 5) is 0. The molecule has 0 radical (unpaired) electrons. The number of nitrogens with zero attached hydrogens (tertiary/aromatic N) is 1. The zero-order valence-electron chi connectivity index (χ0n) is 14.8. The molecule has 2 aromatic rings. The van der Waals surface area contributed by atoms with Gasteiger partial charge in [0.25, 0.3) is 0 Å². The number of halogens is 1. The van der Waals surface area contributed by atoms with Crippen molar-refractivity contribution in [3.63, 3.8) is 0 Å². The maximum absolute atomic E-state index is 13.9. The summed E-state index contributed by atoms with van der Waals surface area (Å²) >= 11 is 0. The van der Waals surface area contributed by atoms with Gasteiger partial charge in [-0.05, 0) is 66.5 Å². The first-order valence-corrected chi connectivity index (χ1v) is 8.97. The highest BCUT2D eigenvalue weighted by atomic mass is 19.1. The molecule has 0 atom stereocenters. The lowest BCUT2D eigenvalue weighted by molar-refractivity contribution is 0.348. The predicted molar refractivity (Wildman–Crippen MR) is 102 cm³/mol. The van der Waals surface area contributed by atoms with Gasteiger partial charge in [0.1, 0.15) is 5.82 Å². The molecule has 0 aliphatic heterocycles. The lowest BCUT2D eigenvalue weighted by atomic mass is 9.79. The molecule has 0 aromatic heterocycles. The molecule has 1 saturated carbocycles. The number of nitriles is 1. The van der Waals surface area contributed by atoms with Crippen molar-refractivity contribution in [2.75, 3.05) is 0 Å². The third-order valence-electron chi connectivity index (χ3n) is 4.97. The largest absolute Gasteiger partial charge is 0.206 e. The van der Waals surface area contributed by atoms with E-state index in [9.17, 15) is 4.39 Å². The number of hydrogen-bond donors (Lipinski definition) is 0. The minimum atomic E-state index is -0.457. The average molecular weight is 341 g/mol. The van der Waals surface area contributed by atoms with Crippen LogP contribution in [-0.2, 0) is 0 Å². The zero-order valence-corrected chi connectivity index (χ0v) is 14.8. The summed E-state index contributed by atoms with van der Waals surface area (Å²) in [5.74, 6) is 11.8. The van der Waals surface area contributed by atoms with E-state index >= 15 is 0 Å². The van der Waals surface area contributed by atoms with Gasteiger partial charge in [0, 0.05) is 17.0 Å². The highest BCUT2D eigenvalue weighted by Gasteiger charge is 2.19. The fourth-order valence-corrected chi connectivity index (χ4v) is 3.37. The summed E-state index contributed by atoms with van der Waals surface area (Å²) < 4.78 is 13.9. The standard InChI is InChI=1S/C24H20FN/c1-18-4-11-21(12-5-18)22-13-8-19(9-14-22)6-7-20-10-15-23(3-2-16-26)24(25)17-20/h8-10,13-15,17-18,21H,4-5,11-12H2,1H3. The van der Waals surface area contributed by atoms with Crippen molar-refractivity contribution in [1.29, 1.82) is 5.26 Å². The summed E-state index contributed by atoms with van der Waals surface area (Å²) in [5, 5.41) is 8.43. The van der Waals surface area contributed by atoms with E-state index in [0.29, 0.717) is 11.5 Å². The number of rotatable bonds is 1. The van der Waals surface area contributed by atoms with E-state index in [0.717, 1.165) is 11.5 Å². The van der Waals surface area contributed by atoms with Crippen LogP contribution >= 0.6 is 0 Å². The zero-order chi connectivity index (χ0) is 18.4. The maximum Gasteiger partial charge on any atom is 0.152 e. The normalized spacial score (nSPS) is 18.7. The van der Waals surface area contributed by atoms with E-state index in [-0.39, 0.29) is 5.56 Å². The Hall–Kier alpha value is -3.02. The van der Waals surface area contributed by atoms with Gasteiger partial charge < -0.3 is 0 Å².